The van der Waals surface area contributed by atoms with Crippen LogP contribution in [0.2, 0.25) is 0 Å². The summed E-state index contributed by atoms with van der Waals surface area (Å²) < 4.78 is 9.48. The van der Waals surface area contributed by atoms with E-state index in [4.69, 9.17) is 10.5 Å². The number of nitrogen functional groups attached to an aromatic ring is 1. The maximum Gasteiger partial charge on any atom is 0.153 e. The van der Waals surface area contributed by atoms with E-state index in [9.17, 15) is 0 Å². The van der Waals surface area contributed by atoms with Crippen LogP contribution in [0.15, 0.2) is 4.90 Å². The quantitative estimate of drug-likeness (QED) is 0.777. The van der Waals surface area contributed by atoms with Crippen LogP contribution in [0.25, 0.3) is 0 Å². The van der Waals surface area contributed by atoms with E-state index in [2.05, 4.69) is 9.27 Å². The van der Waals surface area contributed by atoms with Crippen molar-refractivity contribution in [3.05, 3.63) is 0 Å². The molecule has 0 unspecified atom stereocenters. The first-order valence-corrected chi connectivity index (χ1v) is 6.44. The molecule has 1 aliphatic rings. The number of nitrogens with zero attached hydrogens (tertiary/aromatic N) is 2. The minimum absolute atomic E-state index is 0.656. The summed E-state index contributed by atoms with van der Waals surface area (Å²) >= 11 is 3.14. The van der Waals surface area contributed by atoms with Crippen molar-refractivity contribution < 1.29 is 4.74 Å². The number of rotatable bonds is 2. The first-order valence-electron chi connectivity index (χ1n) is 4.44. The zero-order valence-electron chi connectivity index (χ0n) is 8.02. The third-order valence-corrected chi connectivity index (χ3v) is 4.02. The first kappa shape index (κ1) is 10.1. The van der Waals surface area contributed by atoms with Crippen molar-refractivity contribution in [2.75, 3.05) is 43.2 Å². The molecule has 4 nitrogen and oxygen atoms in total. The largest absolute Gasteiger partial charge is 0.382 e. The van der Waals surface area contributed by atoms with E-state index >= 15 is 0 Å². The highest BCUT2D eigenvalue weighted by Crippen LogP contribution is 2.37. The van der Waals surface area contributed by atoms with E-state index in [1.807, 2.05) is 6.26 Å². The van der Waals surface area contributed by atoms with E-state index in [0.29, 0.717) is 5.82 Å². The van der Waals surface area contributed by atoms with Gasteiger partial charge in [0.15, 0.2) is 5.82 Å². The molecule has 0 amide bonds. The molecule has 1 saturated heterocycles. The molecule has 0 saturated carbocycles. The van der Waals surface area contributed by atoms with Crippen LogP contribution in [0.5, 0.6) is 0 Å². The van der Waals surface area contributed by atoms with E-state index in [-0.39, 0.29) is 0 Å². The Morgan fingerprint density at radius 3 is 2.86 bits per heavy atom. The van der Waals surface area contributed by atoms with Crippen molar-refractivity contribution in [1.82, 2.24) is 4.37 Å². The highest BCUT2D eigenvalue weighted by atomic mass is 32.2. The van der Waals surface area contributed by atoms with Crippen molar-refractivity contribution in [3.8, 4) is 0 Å². The molecule has 2 rings (SSSR count). The van der Waals surface area contributed by atoms with Gasteiger partial charge in [0.1, 0.15) is 5.00 Å². The Kier molecular flexibility index (Phi) is 3.15. The lowest BCUT2D eigenvalue weighted by molar-refractivity contribution is 0.123. The fourth-order valence-corrected chi connectivity index (χ4v) is 3.18. The normalized spacial score (nSPS) is 17.4. The predicted molar refractivity (Wildman–Crippen MR) is 61.3 cm³/mol. The molecule has 1 aromatic rings. The highest BCUT2D eigenvalue weighted by Gasteiger charge is 2.19. The summed E-state index contributed by atoms with van der Waals surface area (Å²) in [6.07, 6.45) is 2.03. The molecule has 0 radical (unpaired) electrons. The maximum absolute atomic E-state index is 5.78. The Morgan fingerprint density at radius 1 is 1.50 bits per heavy atom. The number of hydrogen-bond donors (Lipinski definition) is 1. The van der Waals surface area contributed by atoms with Crippen molar-refractivity contribution in [2.24, 2.45) is 0 Å². The second-order valence-electron chi connectivity index (χ2n) is 3.01. The van der Waals surface area contributed by atoms with Gasteiger partial charge in [0.25, 0.3) is 0 Å². The SMILES string of the molecule is CSc1c(N)nsc1N1CCOCC1. The topological polar surface area (TPSA) is 51.4 Å². The van der Waals surface area contributed by atoms with Crippen LogP contribution in [-0.2, 0) is 4.74 Å². The molecule has 0 aromatic carbocycles. The Labute approximate surface area is 91.6 Å². The molecule has 0 bridgehead atoms. The number of thioether (sulfide) groups is 1. The molecule has 1 aromatic heterocycles. The number of morpholine rings is 1. The Balaban J connectivity index is 2.21. The van der Waals surface area contributed by atoms with Crippen LogP contribution < -0.4 is 10.6 Å². The molecule has 1 fully saturated rings. The van der Waals surface area contributed by atoms with Crippen molar-refractivity contribution >= 4 is 34.1 Å². The van der Waals surface area contributed by atoms with Crippen molar-refractivity contribution in [1.29, 1.82) is 0 Å². The van der Waals surface area contributed by atoms with Gasteiger partial charge in [-0.15, -0.1) is 11.8 Å². The molecule has 0 spiro atoms. The summed E-state index contributed by atoms with van der Waals surface area (Å²) in [6.45, 7) is 3.47. The highest BCUT2D eigenvalue weighted by molar-refractivity contribution is 7.99. The summed E-state index contributed by atoms with van der Waals surface area (Å²) in [5.74, 6) is 0.656. The van der Waals surface area contributed by atoms with E-state index < -0.39 is 0 Å². The summed E-state index contributed by atoms with van der Waals surface area (Å²) in [5.41, 5.74) is 5.78. The second kappa shape index (κ2) is 4.37. The van der Waals surface area contributed by atoms with Crippen LogP contribution in [-0.4, -0.2) is 36.9 Å². The monoisotopic (exact) mass is 231 g/mol. The molecular weight excluding hydrogens is 218 g/mol. The van der Waals surface area contributed by atoms with Crippen LogP contribution in [0.1, 0.15) is 0 Å². The second-order valence-corrected chi connectivity index (χ2v) is 4.57. The summed E-state index contributed by atoms with van der Waals surface area (Å²) in [7, 11) is 0. The Hall–Kier alpha value is -0.460. The summed E-state index contributed by atoms with van der Waals surface area (Å²) in [4.78, 5) is 3.40. The predicted octanol–water partition coefficient (Wildman–Crippen LogP) is 1.28. The molecule has 2 heterocycles. The minimum atomic E-state index is 0.656. The molecule has 6 heteroatoms. The molecular formula is C8H13N3OS2. The maximum atomic E-state index is 5.78. The smallest absolute Gasteiger partial charge is 0.153 e. The van der Waals surface area contributed by atoms with Gasteiger partial charge in [-0.1, -0.05) is 0 Å². The van der Waals surface area contributed by atoms with E-state index in [1.54, 1.807) is 11.8 Å². The van der Waals surface area contributed by atoms with Gasteiger partial charge < -0.3 is 15.4 Å². The average Bonchev–Trinajstić information content (AvgIpc) is 2.61. The Bertz CT molecular complexity index is 310. The van der Waals surface area contributed by atoms with Crippen molar-refractivity contribution in [2.45, 2.75) is 4.90 Å². The first-order chi connectivity index (χ1) is 6.83. The molecule has 14 heavy (non-hydrogen) atoms. The van der Waals surface area contributed by atoms with Gasteiger partial charge in [0.2, 0.25) is 0 Å². The Morgan fingerprint density at radius 2 is 2.21 bits per heavy atom. The molecule has 78 valence electrons. The average molecular weight is 231 g/mol. The van der Waals surface area contributed by atoms with Gasteiger partial charge in [-0.2, -0.15) is 4.37 Å². The molecule has 0 aliphatic carbocycles. The number of anilines is 2. The van der Waals surface area contributed by atoms with E-state index in [1.165, 1.54) is 16.5 Å². The van der Waals surface area contributed by atoms with Gasteiger partial charge in [-0.25, -0.2) is 0 Å². The third kappa shape index (κ3) is 1.82. The van der Waals surface area contributed by atoms with Crippen LogP contribution in [0.4, 0.5) is 10.8 Å². The lowest BCUT2D eigenvalue weighted by Crippen LogP contribution is -2.35. The number of aromatic nitrogens is 1. The van der Waals surface area contributed by atoms with Gasteiger partial charge in [-0.05, 0) is 17.8 Å². The summed E-state index contributed by atoms with van der Waals surface area (Å²) in [6, 6.07) is 0. The molecule has 1 aliphatic heterocycles. The lowest BCUT2D eigenvalue weighted by atomic mass is 10.4. The van der Waals surface area contributed by atoms with E-state index in [0.717, 1.165) is 31.2 Å². The summed E-state index contributed by atoms with van der Waals surface area (Å²) in [5, 5.41) is 1.19. The fraction of sp³-hybridized carbons (Fsp3) is 0.625. The standard InChI is InChI=1S/C8H13N3OS2/c1-13-6-7(9)10-14-8(6)11-2-4-12-5-3-11/h2-5H2,1H3,(H2,9,10). The lowest BCUT2D eigenvalue weighted by Gasteiger charge is -2.27. The minimum Gasteiger partial charge on any atom is -0.382 e. The third-order valence-electron chi connectivity index (χ3n) is 2.16. The fourth-order valence-electron chi connectivity index (χ4n) is 1.44. The van der Waals surface area contributed by atoms with Gasteiger partial charge >= 0.3 is 0 Å². The number of nitrogens with two attached hydrogens (primary N) is 1. The van der Waals surface area contributed by atoms with Gasteiger partial charge in [-0.3, -0.25) is 0 Å². The van der Waals surface area contributed by atoms with Crippen LogP contribution >= 0.6 is 23.3 Å². The van der Waals surface area contributed by atoms with Crippen LogP contribution in [0.3, 0.4) is 0 Å². The zero-order valence-corrected chi connectivity index (χ0v) is 9.66. The molecule has 2 N–H and O–H groups in total. The zero-order chi connectivity index (χ0) is 9.97. The van der Waals surface area contributed by atoms with Gasteiger partial charge in [0.05, 0.1) is 18.1 Å². The van der Waals surface area contributed by atoms with Crippen molar-refractivity contribution in [3.63, 3.8) is 0 Å². The number of ether oxygens (including phenoxy) is 1. The van der Waals surface area contributed by atoms with Gasteiger partial charge in [0, 0.05) is 13.1 Å². The number of hydrogen-bond acceptors (Lipinski definition) is 6. The van der Waals surface area contributed by atoms with Crippen LogP contribution in [0, 0.1) is 0 Å². The molecule has 0 atom stereocenters.